The molecule has 4 heteroatoms. The lowest BCUT2D eigenvalue weighted by Gasteiger charge is -2.38. The number of aliphatic hydroxyl groups is 1. The first kappa shape index (κ1) is 11.8. The summed E-state index contributed by atoms with van der Waals surface area (Å²) in [7, 11) is 7.18. The first-order valence-corrected chi connectivity index (χ1v) is 4.03. The van der Waals surface area contributed by atoms with Gasteiger partial charge in [-0.3, -0.25) is 9.80 Å². The average molecular weight is 176 g/mol. The quantitative estimate of drug-likeness (QED) is 0.588. The molecule has 0 fully saturated rings. The van der Waals surface area contributed by atoms with Crippen molar-refractivity contribution in [2.45, 2.75) is 12.8 Å². The van der Waals surface area contributed by atoms with Crippen molar-refractivity contribution >= 4 is 0 Å². The molecule has 0 amide bonds. The van der Waals surface area contributed by atoms with Crippen LogP contribution in [-0.2, 0) is 4.74 Å². The van der Waals surface area contributed by atoms with Crippen LogP contribution >= 0.6 is 0 Å². The zero-order chi connectivity index (χ0) is 9.78. The van der Waals surface area contributed by atoms with Crippen LogP contribution in [0.5, 0.6) is 0 Å². The molecule has 1 unspecified atom stereocenters. The summed E-state index contributed by atoms with van der Waals surface area (Å²) in [6.45, 7) is 3.09. The van der Waals surface area contributed by atoms with E-state index in [2.05, 4.69) is 0 Å². The Morgan fingerprint density at radius 1 is 1.33 bits per heavy atom. The van der Waals surface area contributed by atoms with E-state index in [1.54, 1.807) is 18.9 Å². The van der Waals surface area contributed by atoms with Gasteiger partial charge in [-0.05, 0) is 28.1 Å². The van der Waals surface area contributed by atoms with Crippen molar-refractivity contribution in [3.63, 3.8) is 0 Å². The summed E-state index contributed by atoms with van der Waals surface area (Å²) in [5, 5.41) is 9.88. The van der Waals surface area contributed by atoms with Crippen LogP contribution in [0.3, 0.4) is 0 Å². The molecule has 0 aromatic carbocycles. The molecule has 0 aromatic rings. The Morgan fingerprint density at radius 3 is 2.17 bits per heavy atom. The third-order valence-electron chi connectivity index (χ3n) is 2.20. The van der Waals surface area contributed by atoms with Gasteiger partial charge in [-0.25, -0.2) is 0 Å². The zero-order valence-corrected chi connectivity index (χ0v) is 8.66. The minimum Gasteiger partial charge on any atom is -0.383 e. The molecule has 1 N–H and O–H groups in total. The predicted octanol–water partition coefficient (Wildman–Crippen LogP) is -0.208. The second-order valence-corrected chi connectivity index (χ2v) is 3.28. The second-order valence-electron chi connectivity index (χ2n) is 3.28. The van der Waals surface area contributed by atoms with Crippen molar-refractivity contribution in [2.75, 3.05) is 41.4 Å². The molecule has 0 aromatic heterocycles. The van der Waals surface area contributed by atoms with E-state index in [-0.39, 0.29) is 0 Å². The van der Waals surface area contributed by atoms with Gasteiger partial charge in [0, 0.05) is 13.7 Å². The molecule has 74 valence electrons. The van der Waals surface area contributed by atoms with Gasteiger partial charge in [0.15, 0.2) is 5.85 Å². The number of hydrogen-bond acceptors (Lipinski definition) is 4. The summed E-state index contributed by atoms with van der Waals surface area (Å²) in [4.78, 5) is 3.58. The molecule has 0 saturated carbocycles. The maximum absolute atomic E-state index is 9.88. The summed E-state index contributed by atoms with van der Waals surface area (Å²) in [6.07, 6.45) is 0. The van der Waals surface area contributed by atoms with Crippen LogP contribution in [0.25, 0.3) is 0 Å². The van der Waals surface area contributed by atoms with Gasteiger partial charge in [0.1, 0.15) is 0 Å². The molecule has 0 aliphatic heterocycles. The molecule has 0 bridgehead atoms. The van der Waals surface area contributed by atoms with E-state index in [9.17, 15) is 5.11 Å². The normalized spacial score (nSPS) is 17.0. The van der Waals surface area contributed by atoms with Crippen LogP contribution in [0.1, 0.15) is 6.92 Å². The largest absolute Gasteiger partial charge is 0.383 e. The molecule has 0 saturated heterocycles. The number of rotatable bonds is 5. The average Bonchev–Trinajstić information content (AvgIpc) is 1.99. The first-order valence-electron chi connectivity index (χ1n) is 4.03. The Hall–Kier alpha value is -0.160. The summed E-state index contributed by atoms with van der Waals surface area (Å²) in [5.41, 5.74) is 0. The predicted molar refractivity (Wildman–Crippen MR) is 48.8 cm³/mol. The van der Waals surface area contributed by atoms with Crippen LogP contribution in [-0.4, -0.2) is 62.2 Å². The van der Waals surface area contributed by atoms with Gasteiger partial charge >= 0.3 is 0 Å². The van der Waals surface area contributed by atoms with E-state index in [0.29, 0.717) is 13.2 Å². The van der Waals surface area contributed by atoms with Crippen molar-refractivity contribution in [1.82, 2.24) is 9.80 Å². The zero-order valence-electron chi connectivity index (χ0n) is 8.66. The molecule has 1 atom stereocenters. The molecular formula is C8H20N2O2. The van der Waals surface area contributed by atoms with E-state index < -0.39 is 5.85 Å². The summed E-state index contributed by atoms with van der Waals surface area (Å²) < 4.78 is 4.92. The maximum atomic E-state index is 9.88. The summed E-state index contributed by atoms with van der Waals surface area (Å²) >= 11 is 0. The molecule has 0 aliphatic rings. The van der Waals surface area contributed by atoms with Crippen LogP contribution in [0.2, 0.25) is 0 Å². The standard InChI is InChI=1S/C8H20N2O2/c1-8(11,9(2)3)10(4)6-7-12-5/h11H,6-7H2,1-5H3. The highest BCUT2D eigenvalue weighted by Crippen LogP contribution is 2.10. The lowest BCUT2D eigenvalue weighted by molar-refractivity contribution is -0.179. The molecule has 4 nitrogen and oxygen atoms in total. The molecule has 0 rings (SSSR count). The Kier molecular flexibility index (Phi) is 4.70. The van der Waals surface area contributed by atoms with Crippen molar-refractivity contribution in [3.8, 4) is 0 Å². The van der Waals surface area contributed by atoms with E-state index in [1.807, 2.05) is 26.0 Å². The highest BCUT2D eigenvalue weighted by atomic mass is 16.5. The van der Waals surface area contributed by atoms with E-state index >= 15 is 0 Å². The number of methoxy groups -OCH3 is 1. The van der Waals surface area contributed by atoms with Crippen LogP contribution in [0, 0.1) is 0 Å². The molecule has 0 aliphatic carbocycles. The van der Waals surface area contributed by atoms with Gasteiger partial charge in [-0.15, -0.1) is 0 Å². The fourth-order valence-electron chi connectivity index (χ4n) is 0.781. The Labute approximate surface area is 74.7 Å². The van der Waals surface area contributed by atoms with Gasteiger partial charge in [-0.1, -0.05) is 0 Å². The van der Waals surface area contributed by atoms with E-state index in [1.165, 1.54) is 0 Å². The molecular weight excluding hydrogens is 156 g/mol. The SMILES string of the molecule is COCCN(C)C(C)(O)N(C)C. The third-order valence-corrected chi connectivity index (χ3v) is 2.20. The smallest absolute Gasteiger partial charge is 0.173 e. The molecule has 12 heavy (non-hydrogen) atoms. The minimum absolute atomic E-state index is 0.625. The third kappa shape index (κ3) is 3.06. The highest BCUT2D eigenvalue weighted by Gasteiger charge is 2.27. The lowest BCUT2D eigenvalue weighted by Crippen LogP contribution is -2.55. The number of hydrogen-bond donors (Lipinski definition) is 1. The summed E-state index contributed by atoms with van der Waals surface area (Å²) in [5.74, 6) is -0.904. The minimum atomic E-state index is -0.904. The Bertz CT molecular complexity index is 126. The highest BCUT2D eigenvalue weighted by molar-refractivity contribution is 4.67. The molecule has 0 spiro atoms. The fraction of sp³-hybridized carbons (Fsp3) is 1.00. The van der Waals surface area contributed by atoms with Crippen molar-refractivity contribution in [3.05, 3.63) is 0 Å². The van der Waals surface area contributed by atoms with Crippen molar-refractivity contribution in [1.29, 1.82) is 0 Å². The van der Waals surface area contributed by atoms with Gasteiger partial charge in [0.25, 0.3) is 0 Å². The van der Waals surface area contributed by atoms with Crippen LogP contribution in [0.15, 0.2) is 0 Å². The van der Waals surface area contributed by atoms with Crippen LogP contribution in [0.4, 0.5) is 0 Å². The monoisotopic (exact) mass is 176 g/mol. The first-order chi connectivity index (χ1) is 5.42. The van der Waals surface area contributed by atoms with Gasteiger partial charge in [-0.2, -0.15) is 0 Å². The Balaban J connectivity index is 3.97. The number of nitrogens with zero attached hydrogens (tertiary/aromatic N) is 2. The lowest BCUT2D eigenvalue weighted by atomic mass is 10.3. The van der Waals surface area contributed by atoms with Gasteiger partial charge in [0.2, 0.25) is 0 Å². The van der Waals surface area contributed by atoms with Crippen molar-refractivity contribution in [2.24, 2.45) is 0 Å². The topological polar surface area (TPSA) is 35.9 Å². The maximum Gasteiger partial charge on any atom is 0.173 e. The second kappa shape index (κ2) is 4.77. The molecule has 0 heterocycles. The Morgan fingerprint density at radius 2 is 1.83 bits per heavy atom. The number of ether oxygens (including phenoxy) is 1. The summed E-state index contributed by atoms with van der Waals surface area (Å²) in [6, 6.07) is 0. The van der Waals surface area contributed by atoms with Gasteiger partial charge in [0.05, 0.1) is 6.61 Å². The van der Waals surface area contributed by atoms with Crippen molar-refractivity contribution < 1.29 is 9.84 Å². The fourth-order valence-corrected chi connectivity index (χ4v) is 0.781. The molecule has 0 radical (unpaired) electrons. The number of likely N-dealkylation sites (N-methyl/N-ethyl adjacent to an activating group) is 1. The van der Waals surface area contributed by atoms with Crippen LogP contribution < -0.4 is 0 Å². The van der Waals surface area contributed by atoms with Gasteiger partial charge < -0.3 is 9.84 Å². The van der Waals surface area contributed by atoms with E-state index in [0.717, 1.165) is 0 Å². The van der Waals surface area contributed by atoms with E-state index in [4.69, 9.17) is 4.74 Å².